The molecule has 3 heteroatoms. The van der Waals surface area contributed by atoms with Crippen molar-refractivity contribution in [2.45, 2.75) is 32.0 Å². The predicted octanol–water partition coefficient (Wildman–Crippen LogP) is 2.64. The summed E-state index contributed by atoms with van der Waals surface area (Å²) in [6.45, 7) is 5.53. The molecule has 1 heterocycles. The molecule has 1 aliphatic rings. The molecule has 0 radical (unpaired) electrons. The number of hydrogen-bond acceptors (Lipinski definition) is 1. The summed E-state index contributed by atoms with van der Waals surface area (Å²) >= 11 is 0. The lowest BCUT2D eigenvalue weighted by atomic mass is 10.1. The molecule has 1 atom stereocenters. The van der Waals surface area contributed by atoms with Gasteiger partial charge in [0.1, 0.15) is 5.83 Å². The van der Waals surface area contributed by atoms with Gasteiger partial charge in [0.25, 0.3) is 0 Å². The van der Waals surface area contributed by atoms with Gasteiger partial charge in [-0.1, -0.05) is 13.0 Å². The van der Waals surface area contributed by atoms with E-state index in [1.807, 2.05) is 0 Å². The molecule has 0 aliphatic carbocycles. The zero-order valence-corrected chi connectivity index (χ0v) is 7.45. The minimum Gasteiger partial charge on any atom is -0.266 e. The van der Waals surface area contributed by atoms with Crippen LogP contribution in [0.3, 0.4) is 0 Å². The summed E-state index contributed by atoms with van der Waals surface area (Å²) in [7, 11) is 0. The average Bonchev–Trinajstić information content (AvgIpc) is 2.06. The maximum absolute atomic E-state index is 13.6. The largest absolute Gasteiger partial charge is 0.266 e. The molecule has 1 rings (SSSR count). The summed E-state index contributed by atoms with van der Waals surface area (Å²) in [5, 5.41) is 0. The van der Waals surface area contributed by atoms with Crippen LogP contribution in [-0.4, -0.2) is 23.8 Å². The van der Waals surface area contributed by atoms with Gasteiger partial charge in [-0.2, -0.15) is 0 Å². The second-order valence-electron chi connectivity index (χ2n) is 3.41. The fourth-order valence-electron chi connectivity index (χ4n) is 1.49. The van der Waals surface area contributed by atoms with Crippen molar-refractivity contribution < 1.29 is 8.78 Å². The maximum atomic E-state index is 13.6. The minimum atomic E-state index is -1.96. The Morgan fingerprint density at radius 1 is 1.33 bits per heavy atom. The topological polar surface area (TPSA) is 3.24 Å². The van der Waals surface area contributed by atoms with Crippen LogP contribution < -0.4 is 0 Å². The van der Waals surface area contributed by atoms with Crippen molar-refractivity contribution in [3.05, 3.63) is 12.4 Å². The van der Waals surface area contributed by atoms with Gasteiger partial charge in [0.2, 0.25) is 5.79 Å². The van der Waals surface area contributed by atoms with Crippen molar-refractivity contribution in [2.75, 3.05) is 13.1 Å². The molecule has 1 aliphatic heterocycles. The Bertz CT molecular complexity index is 171. The fourth-order valence-corrected chi connectivity index (χ4v) is 1.49. The first-order valence-electron chi connectivity index (χ1n) is 4.34. The first kappa shape index (κ1) is 9.65. The second kappa shape index (κ2) is 3.52. The Hall–Kier alpha value is -0.440. The number of rotatable bonds is 2. The summed E-state index contributed by atoms with van der Waals surface area (Å²) in [6.07, 6.45) is 3.02. The third kappa shape index (κ3) is 1.83. The van der Waals surface area contributed by atoms with Crippen LogP contribution in [0, 0.1) is 0 Å². The van der Waals surface area contributed by atoms with Crippen molar-refractivity contribution in [3.63, 3.8) is 0 Å². The minimum absolute atomic E-state index is 0.635. The quantitative estimate of drug-likeness (QED) is 0.583. The van der Waals surface area contributed by atoms with Crippen LogP contribution in [-0.2, 0) is 0 Å². The van der Waals surface area contributed by atoms with Crippen molar-refractivity contribution in [2.24, 2.45) is 0 Å². The fraction of sp³-hybridized carbons (Fsp3) is 0.778. The Labute approximate surface area is 72.1 Å². The Kier molecular flexibility index (Phi) is 2.83. The van der Waals surface area contributed by atoms with Crippen molar-refractivity contribution in [1.29, 1.82) is 0 Å². The summed E-state index contributed by atoms with van der Waals surface area (Å²) in [4.78, 5) is 1.51. The normalized spacial score (nSPS) is 24.9. The van der Waals surface area contributed by atoms with Crippen molar-refractivity contribution in [1.82, 2.24) is 4.90 Å². The number of likely N-dealkylation sites (tertiary alicyclic amines) is 1. The lowest BCUT2D eigenvalue weighted by Gasteiger charge is -2.35. The number of halogens is 2. The van der Waals surface area contributed by atoms with Gasteiger partial charge >= 0.3 is 0 Å². The summed E-state index contributed by atoms with van der Waals surface area (Å²) in [5.74, 6) is -2.84. The van der Waals surface area contributed by atoms with Crippen LogP contribution in [0.1, 0.15) is 26.2 Å². The van der Waals surface area contributed by atoms with E-state index >= 15 is 0 Å². The standard InChI is InChI=1S/C9H15F2N/c1-8(10)9(2,11)12-6-4-3-5-7-12/h1,3-7H2,2H3. The molecule has 70 valence electrons. The van der Waals surface area contributed by atoms with E-state index in [0.29, 0.717) is 13.1 Å². The molecule has 0 aromatic rings. The molecule has 1 saturated heterocycles. The number of alkyl halides is 1. The van der Waals surface area contributed by atoms with Gasteiger partial charge in [-0.3, -0.25) is 4.90 Å². The first-order valence-corrected chi connectivity index (χ1v) is 4.34. The maximum Gasteiger partial charge on any atom is 0.212 e. The molecule has 0 aromatic heterocycles. The highest BCUT2D eigenvalue weighted by molar-refractivity contribution is 5.01. The van der Waals surface area contributed by atoms with Gasteiger partial charge in [0.05, 0.1) is 0 Å². The second-order valence-corrected chi connectivity index (χ2v) is 3.41. The van der Waals surface area contributed by atoms with Crippen molar-refractivity contribution >= 4 is 0 Å². The van der Waals surface area contributed by atoms with Gasteiger partial charge in [-0.15, -0.1) is 0 Å². The van der Waals surface area contributed by atoms with E-state index in [4.69, 9.17) is 0 Å². The van der Waals surface area contributed by atoms with E-state index in [0.717, 1.165) is 19.3 Å². The summed E-state index contributed by atoms with van der Waals surface area (Å²) in [6, 6.07) is 0. The lowest BCUT2D eigenvalue weighted by Crippen LogP contribution is -2.45. The molecule has 1 fully saturated rings. The molecule has 0 amide bonds. The van der Waals surface area contributed by atoms with Gasteiger partial charge in [-0.25, -0.2) is 8.78 Å². The lowest BCUT2D eigenvalue weighted by molar-refractivity contribution is -0.0153. The van der Waals surface area contributed by atoms with E-state index in [1.54, 1.807) is 0 Å². The molecule has 12 heavy (non-hydrogen) atoms. The zero-order valence-electron chi connectivity index (χ0n) is 7.45. The molecular formula is C9H15F2N. The van der Waals surface area contributed by atoms with E-state index in [1.165, 1.54) is 11.8 Å². The van der Waals surface area contributed by atoms with Crippen LogP contribution in [0.25, 0.3) is 0 Å². The third-order valence-corrected chi connectivity index (χ3v) is 2.45. The average molecular weight is 175 g/mol. The van der Waals surface area contributed by atoms with E-state index in [2.05, 4.69) is 6.58 Å². The first-order chi connectivity index (χ1) is 5.55. The van der Waals surface area contributed by atoms with E-state index in [-0.39, 0.29) is 0 Å². The number of piperidine rings is 1. The zero-order chi connectivity index (χ0) is 9.19. The Morgan fingerprint density at radius 2 is 1.83 bits per heavy atom. The smallest absolute Gasteiger partial charge is 0.212 e. The van der Waals surface area contributed by atoms with Gasteiger partial charge in [-0.05, 0) is 19.8 Å². The molecule has 0 aromatic carbocycles. The van der Waals surface area contributed by atoms with Gasteiger partial charge in [0, 0.05) is 13.1 Å². The number of hydrogen-bond donors (Lipinski definition) is 0. The summed E-state index contributed by atoms with van der Waals surface area (Å²) in [5.41, 5.74) is 0. The molecule has 1 unspecified atom stereocenters. The Balaban J connectivity index is 2.59. The van der Waals surface area contributed by atoms with Crippen molar-refractivity contribution in [3.8, 4) is 0 Å². The highest BCUT2D eigenvalue weighted by atomic mass is 19.2. The van der Waals surface area contributed by atoms with Crippen LogP contribution >= 0.6 is 0 Å². The molecule has 0 spiro atoms. The highest BCUT2D eigenvalue weighted by Crippen LogP contribution is 2.28. The molecule has 0 bridgehead atoms. The summed E-state index contributed by atoms with van der Waals surface area (Å²) < 4.78 is 26.2. The van der Waals surface area contributed by atoms with Crippen LogP contribution in [0.5, 0.6) is 0 Å². The Morgan fingerprint density at radius 3 is 2.25 bits per heavy atom. The number of nitrogens with zero attached hydrogens (tertiary/aromatic N) is 1. The van der Waals surface area contributed by atoms with Crippen LogP contribution in [0.2, 0.25) is 0 Å². The molecule has 0 N–H and O–H groups in total. The highest BCUT2D eigenvalue weighted by Gasteiger charge is 2.35. The third-order valence-electron chi connectivity index (χ3n) is 2.45. The van der Waals surface area contributed by atoms with Gasteiger partial charge < -0.3 is 0 Å². The molecular weight excluding hydrogens is 160 g/mol. The molecule has 1 nitrogen and oxygen atoms in total. The van der Waals surface area contributed by atoms with Crippen LogP contribution in [0.15, 0.2) is 12.4 Å². The SMILES string of the molecule is C=C(F)C(C)(F)N1CCCCC1. The van der Waals surface area contributed by atoms with E-state index < -0.39 is 11.6 Å². The van der Waals surface area contributed by atoms with Crippen LogP contribution in [0.4, 0.5) is 8.78 Å². The van der Waals surface area contributed by atoms with E-state index in [9.17, 15) is 8.78 Å². The molecule has 0 saturated carbocycles. The predicted molar refractivity (Wildman–Crippen MR) is 45.2 cm³/mol. The monoisotopic (exact) mass is 175 g/mol. The van der Waals surface area contributed by atoms with Gasteiger partial charge in [0.15, 0.2) is 0 Å².